The minimum Gasteiger partial charge on any atom is -0.268 e. The number of carbonyl (C=O) groups excluding carboxylic acids is 4. The van der Waals surface area contributed by atoms with E-state index in [0.29, 0.717) is 11.1 Å². The zero-order valence-electron chi connectivity index (χ0n) is 23.4. The van der Waals surface area contributed by atoms with Crippen molar-refractivity contribution in [3.63, 3.8) is 0 Å². The fraction of sp³-hybridized carbons (Fsp3) is 0. The number of hydrogen-bond acceptors (Lipinski definition) is 6. The number of nitriles is 2. The van der Waals surface area contributed by atoms with Crippen LogP contribution in [0.25, 0.3) is 31.6 Å². The lowest BCUT2D eigenvalue weighted by atomic mass is 9.81. The van der Waals surface area contributed by atoms with Gasteiger partial charge in [-0.25, -0.2) is 9.80 Å². The van der Waals surface area contributed by atoms with Crippen LogP contribution in [-0.4, -0.2) is 23.6 Å². The first-order valence-electron chi connectivity index (χ1n) is 13.6. The van der Waals surface area contributed by atoms with Crippen LogP contribution in [0, 0.1) is 35.8 Å². The van der Waals surface area contributed by atoms with Crippen LogP contribution < -0.4 is 9.80 Å². The SMILES string of the molecule is [C-]#[N+]c1ccc(N2C(=O)c3ccc4c5c(cc(-c6ccccc6)c(c35)C2=O)C(=O)N(c2ccc(C#N)c(C#N)c2)C4=O)cc1[N+]#[C-]. The summed E-state index contributed by atoms with van der Waals surface area (Å²) in [6.45, 7) is 14.8. The Hall–Kier alpha value is -7.40. The quantitative estimate of drug-likeness (QED) is 0.164. The average Bonchev–Trinajstić information content (AvgIpc) is 3.09. The van der Waals surface area contributed by atoms with E-state index in [1.165, 1.54) is 54.6 Å². The van der Waals surface area contributed by atoms with Gasteiger partial charge in [-0.3, -0.25) is 28.9 Å². The van der Waals surface area contributed by atoms with Gasteiger partial charge in [-0.1, -0.05) is 42.5 Å². The van der Waals surface area contributed by atoms with Gasteiger partial charge < -0.3 is 0 Å². The predicted molar refractivity (Wildman–Crippen MR) is 167 cm³/mol. The van der Waals surface area contributed by atoms with E-state index in [4.69, 9.17) is 13.1 Å². The number of anilines is 2. The smallest absolute Gasteiger partial charge is 0.266 e. The molecule has 0 saturated heterocycles. The van der Waals surface area contributed by atoms with E-state index in [0.717, 1.165) is 9.80 Å². The predicted octanol–water partition coefficient (Wildman–Crippen LogP) is 6.95. The molecule has 0 bridgehead atoms. The second-order valence-corrected chi connectivity index (χ2v) is 10.4. The van der Waals surface area contributed by atoms with Crippen LogP contribution in [0.15, 0.2) is 84.9 Å². The molecule has 0 saturated carbocycles. The van der Waals surface area contributed by atoms with Crippen molar-refractivity contribution in [3.8, 4) is 23.3 Å². The minimum atomic E-state index is -0.731. The lowest BCUT2D eigenvalue weighted by Gasteiger charge is -2.33. The van der Waals surface area contributed by atoms with E-state index < -0.39 is 23.6 Å². The molecule has 2 aliphatic heterocycles. The van der Waals surface area contributed by atoms with Gasteiger partial charge in [0.2, 0.25) is 0 Å². The number of imide groups is 2. The Morgan fingerprint density at radius 1 is 0.543 bits per heavy atom. The third-order valence-corrected chi connectivity index (χ3v) is 8.05. The molecule has 10 heteroatoms. The molecule has 5 aromatic carbocycles. The van der Waals surface area contributed by atoms with Gasteiger partial charge in [0, 0.05) is 33.2 Å². The first kappa shape index (κ1) is 27.4. The lowest BCUT2D eigenvalue weighted by molar-refractivity contribution is 0.0873. The molecular formula is C36H14N6O4. The van der Waals surface area contributed by atoms with E-state index in [-0.39, 0.29) is 66.9 Å². The average molecular weight is 595 g/mol. The molecule has 4 amide bonds. The summed E-state index contributed by atoms with van der Waals surface area (Å²) in [6.07, 6.45) is 0. The molecular weight excluding hydrogens is 580 g/mol. The molecule has 2 aliphatic rings. The maximum Gasteiger partial charge on any atom is 0.266 e. The molecule has 0 N–H and O–H groups in total. The largest absolute Gasteiger partial charge is 0.268 e. The number of rotatable bonds is 3. The molecule has 0 spiro atoms. The molecule has 0 radical (unpaired) electrons. The molecule has 0 aromatic heterocycles. The summed E-state index contributed by atoms with van der Waals surface area (Å²) in [5.74, 6) is -2.90. The summed E-state index contributed by atoms with van der Waals surface area (Å²) in [5, 5.41) is 19.2. The van der Waals surface area contributed by atoms with Crippen molar-refractivity contribution >= 4 is 57.2 Å². The molecule has 0 fully saturated rings. The van der Waals surface area contributed by atoms with Crippen molar-refractivity contribution in [2.75, 3.05) is 9.80 Å². The third-order valence-electron chi connectivity index (χ3n) is 8.05. The molecule has 0 aliphatic carbocycles. The molecule has 5 aromatic rings. The van der Waals surface area contributed by atoms with Crippen LogP contribution in [-0.2, 0) is 0 Å². The maximum atomic E-state index is 14.4. The lowest BCUT2D eigenvalue weighted by Crippen LogP contribution is -2.43. The Kier molecular flexibility index (Phi) is 6.03. The van der Waals surface area contributed by atoms with Gasteiger partial charge in [-0.2, -0.15) is 10.5 Å². The zero-order chi connectivity index (χ0) is 32.3. The number of hydrogen-bond donors (Lipinski definition) is 0. The van der Waals surface area contributed by atoms with Crippen LogP contribution in [0.2, 0.25) is 0 Å². The fourth-order valence-corrected chi connectivity index (χ4v) is 5.98. The summed E-state index contributed by atoms with van der Waals surface area (Å²) in [5.41, 5.74) is 1.53. The summed E-state index contributed by atoms with van der Waals surface area (Å²) < 4.78 is 0. The summed E-state index contributed by atoms with van der Waals surface area (Å²) in [7, 11) is 0. The Bertz CT molecular complexity index is 2460. The van der Waals surface area contributed by atoms with E-state index in [1.807, 2.05) is 12.1 Å². The first-order chi connectivity index (χ1) is 22.3. The number of nitrogens with zero attached hydrogens (tertiary/aromatic N) is 6. The highest BCUT2D eigenvalue weighted by atomic mass is 16.2. The van der Waals surface area contributed by atoms with Crippen molar-refractivity contribution in [2.24, 2.45) is 0 Å². The van der Waals surface area contributed by atoms with Crippen molar-refractivity contribution in [1.29, 1.82) is 10.5 Å². The molecule has 0 atom stereocenters. The summed E-state index contributed by atoms with van der Waals surface area (Å²) in [6, 6.07) is 25.2. The number of benzene rings is 5. The highest BCUT2D eigenvalue weighted by molar-refractivity contribution is 6.43. The second kappa shape index (κ2) is 10.1. The second-order valence-electron chi connectivity index (χ2n) is 10.4. The van der Waals surface area contributed by atoms with E-state index in [9.17, 15) is 29.7 Å². The monoisotopic (exact) mass is 594 g/mol. The van der Waals surface area contributed by atoms with Gasteiger partial charge in [-0.15, -0.1) is 0 Å². The summed E-state index contributed by atoms with van der Waals surface area (Å²) in [4.78, 5) is 65.2. The van der Waals surface area contributed by atoms with E-state index >= 15 is 0 Å². The van der Waals surface area contributed by atoms with Gasteiger partial charge in [0.05, 0.1) is 35.5 Å². The van der Waals surface area contributed by atoms with Crippen molar-refractivity contribution in [1.82, 2.24) is 0 Å². The Balaban J connectivity index is 1.51. The number of amides is 4. The molecule has 2 heterocycles. The van der Waals surface area contributed by atoms with Gasteiger partial charge in [0.1, 0.15) is 12.1 Å². The highest BCUT2D eigenvalue weighted by Gasteiger charge is 2.42. The Morgan fingerprint density at radius 2 is 1.13 bits per heavy atom. The topological polar surface area (TPSA) is 131 Å². The molecule has 10 nitrogen and oxygen atoms in total. The van der Waals surface area contributed by atoms with Gasteiger partial charge in [0.25, 0.3) is 23.6 Å². The molecule has 46 heavy (non-hydrogen) atoms. The van der Waals surface area contributed by atoms with Crippen LogP contribution >= 0.6 is 0 Å². The molecule has 212 valence electrons. The third kappa shape index (κ3) is 3.72. The Morgan fingerprint density at radius 3 is 1.78 bits per heavy atom. The van der Waals surface area contributed by atoms with Crippen LogP contribution in [0.4, 0.5) is 22.7 Å². The molecule has 7 rings (SSSR count). The van der Waals surface area contributed by atoms with Crippen LogP contribution in [0.1, 0.15) is 52.6 Å². The van der Waals surface area contributed by atoms with E-state index in [2.05, 4.69) is 9.69 Å². The van der Waals surface area contributed by atoms with Gasteiger partial charge >= 0.3 is 0 Å². The fourth-order valence-electron chi connectivity index (χ4n) is 5.98. The number of carbonyl (C=O) groups is 4. The van der Waals surface area contributed by atoms with Crippen molar-refractivity contribution in [3.05, 3.63) is 141 Å². The normalized spacial score (nSPS) is 13.2. The zero-order valence-corrected chi connectivity index (χ0v) is 23.4. The Labute approximate surface area is 260 Å². The van der Waals surface area contributed by atoms with Crippen molar-refractivity contribution < 1.29 is 19.2 Å². The highest BCUT2D eigenvalue weighted by Crippen LogP contribution is 2.45. The molecule has 0 unspecified atom stereocenters. The van der Waals surface area contributed by atoms with Crippen molar-refractivity contribution in [2.45, 2.75) is 0 Å². The van der Waals surface area contributed by atoms with Crippen LogP contribution in [0.5, 0.6) is 0 Å². The minimum absolute atomic E-state index is 0.0105. The summed E-state index contributed by atoms with van der Waals surface area (Å²) >= 11 is 0. The van der Waals surface area contributed by atoms with E-state index in [1.54, 1.807) is 30.3 Å². The maximum absolute atomic E-state index is 14.4. The van der Waals surface area contributed by atoms with Gasteiger partial charge in [0.15, 0.2) is 11.4 Å². The first-order valence-corrected chi connectivity index (χ1v) is 13.6. The van der Waals surface area contributed by atoms with Gasteiger partial charge in [-0.05, 0) is 53.6 Å². The van der Waals surface area contributed by atoms with Crippen LogP contribution in [0.3, 0.4) is 0 Å². The standard InChI is InChI=1S/C36H14N6O4/c1-39-28-13-10-23(15-29(28)40-2)42-34(44)25-12-11-24-30-27(16-26(19-6-4-3-5-7-19)32(31(25)30)36(42)46)35(45)41(33(24)43)22-9-8-20(17-37)21(14-22)18-38/h3-16H.